The predicted octanol–water partition coefficient (Wildman–Crippen LogP) is 3.82. The van der Waals surface area contributed by atoms with E-state index in [1.165, 1.54) is 0 Å². The first-order chi connectivity index (χ1) is 10.2. The van der Waals surface area contributed by atoms with Crippen LogP contribution in [0.2, 0.25) is 0 Å². The minimum Gasteiger partial charge on any atom is -0.345 e. The molecule has 0 aromatic heterocycles. The van der Waals surface area contributed by atoms with E-state index in [1.807, 2.05) is 24.3 Å². The Morgan fingerprint density at radius 1 is 0.714 bits per heavy atom. The summed E-state index contributed by atoms with van der Waals surface area (Å²) in [7, 11) is 0. The average Bonchev–Trinajstić information content (AvgIpc) is 2.48. The van der Waals surface area contributed by atoms with Crippen LogP contribution in [0.25, 0.3) is 0 Å². The van der Waals surface area contributed by atoms with Gasteiger partial charge in [-0.3, -0.25) is 9.80 Å². The minimum absolute atomic E-state index is 0.0584. The lowest BCUT2D eigenvalue weighted by Crippen LogP contribution is -2.45. The highest BCUT2D eigenvalue weighted by atomic mass is 16.5. The van der Waals surface area contributed by atoms with Crippen LogP contribution in [0.15, 0.2) is 50.6 Å². The Morgan fingerprint density at radius 3 is 1.19 bits per heavy atom. The number of nitrogens with zero attached hydrogens (tertiary/aromatic N) is 2. The lowest BCUT2D eigenvalue weighted by molar-refractivity contribution is -0.147. The van der Waals surface area contributed by atoms with Crippen LogP contribution in [0.3, 0.4) is 0 Å². The monoisotopic (exact) mass is 292 g/mol. The molecule has 0 heterocycles. The van der Waals surface area contributed by atoms with Crippen molar-refractivity contribution >= 4 is 0 Å². The van der Waals surface area contributed by atoms with E-state index in [-0.39, 0.29) is 12.5 Å². The lowest BCUT2D eigenvalue weighted by Gasteiger charge is -2.36. The lowest BCUT2D eigenvalue weighted by atomic mass is 10.3. The summed E-state index contributed by atoms with van der Waals surface area (Å²) in [6, 6.07) is 0. The molecule has 2 atom stereocenters. The average molecular weight is 292 g/mol. The van der Waals surface area contributed by atoms with Gasteiger partial charge in [0.25, 0.3) is 0 Å². The molecule has 0 saturated heterocycles. The smallest absolute Gasteiger partial charge is 0.112 e. The summed E-state index contributed by atoms with van der Waals surface area (Å²) in [4.78, 5) is 4.48. The predicted molar refractivity (Wildman–Crippen MR) is 93.2 cm³/mol. The Balaban J connectivity index is 4.90. The molecule has 3 nitrogen and oxygen atoms in total. The van der Waals surface area contributed by atoms with Crippen LogP contribution in [-0.2, 0) is 4.74 Å². The van der Waals surface area contributed by atoms with E-state index in [0.29, 0.717) is 0 Å². The molecule has 120 valence electrons. The molecule has 0 saturated carbocycles. The van der Waals surface area contributed by atoms with E-state index in [1.54, 1.807) is 0 Å². The summed E-state index contributed by atoms with van der Waals surface area (Å²) < 4.78 is 6.34. The molecule has 3 heteroatoms. The van der Waals surface area contributed by atoms with Crippen LogP contribution in [0.5, 0.6) is 0 Å². The molecule has 0 fully saturated rings. The molecular weight excluding hydrogens is 260 g/mol. The molecule has 21 heavy (non-hydrogen) atoms. The van der Waals surface area contributed by atoms with Gasteiger partial charge in [-0.15, -0.1) is 26.3 Å². The highest BCUT2D eigenvalue weighted by Gasteiger charge is 2.22. The van der Waals surface area contributed by atoms with Gasteiger partial charge in [0.15, 0.2) is 0 Å². The van der Waals surface area contributed by atoms with Crippen molar-refractivity contribution in [1.29, 1.82) is 0 Å². The third-order valence-electron chi connectivity index (χ3n) is 3.28. The molecule has 0 bridgehead atoms. The number of ether oxygens (including phenoxy) is 1. The van der Waals surface area contributed by atoms with E-state index in [4.69, 9.17) is 4.74 Å². The Kier molecular flexibility index (Phi) is 11.9. The van der Waals surface area contributed by atoms with Gasteiger partial charge in [0, 0.05) is 26.2 Å². The van der Waals surface area contributed by atoms with E-state index in [0.717, 1.165) is 39.0 Å². The number of hydrogen-bond acceptors (Lipinski definition) is 3. The van der Waals surface area contributed by atoms with Gasteiger partial charge in [0.1, 0.15) is 12.5 Å². The topological polar surface area (TPSA) is 15.7 Å². The molecule has 2 unspecified atom stereocenters. The van der Waals surface area contributed by atoms with Crippen molar-refractivity contribution in [2.24, 2.45) is 0 Å². The third kappa shape index (κ3) is 7.42. The van der Waals surface area contributed by atoms with Crippen molar-refractivity contribution in [3.8, 4) is 0 Å². The normalized spacial score (nSPS) is 13.9. The van der Waals surface area contributed by atoms with Crippen molar-refractivity contribution in [1.82, 2.24) is 9.80 Å². The fourth-order valence-corrected chi connectivity index (χ4v) is 2.34. The van der Waals surface area contributed by atoms with Crippen LogP contribution in [0, 0.1) is 0 Å². The van der Waals surface area contributed by atoms with Crippen LogP contribution in [0.1, 0.15) is 26.7 Å². The maximum atomic E-state index is 6.34. The Bertz CT molecular complexity index is 264. The first kappa shape index (κ1) is 19.8. The summed E-state index contributed by atoms with van der Waals surface area (Å²) in [5, 5.41) is 0. The molecule has 0 amide bonds. The van der Waals surface area contributed by atoms with Gasteiger partial charge in [0.2, 0.25) is 0 Å². The molecule has 0 aliphatic heterocycles. The van der Waals surface area contributed by atoms with E-state index >= 15 is 0 Å². The quantitative estimate of drug-likeness (QED) is 0.357. The van der Waals surface area contributed by atoms with Gasteiger partial charge in [-0.25, -0.2) is 0 Å². The van der Waals surface area contributed by atoms with E-state index < -0.39 is 0 Å². The van der Waals surface area contributed by atoms with Gasteiger partial charge < -0.3 is 4.74 Å². The first-order valence-electron chi connectivity index (χ1n) is 7.75. The minimum atomic E-state index is 0.0584. The SMILES string of the molecule is C=CCN(CC=C)C(CC)OC(CC)N(CC=C)CC=C. The molecular formula is C18H32N2O. The van der Waals surface area contributed by atoms with Crippen LogP contribution < -0.4 is 0 Å². The van der Waals surface area contributed by atoms with Crippen LogP contribution in [0.4, 0.5) is 0 Å². The van der Waals surface area contributed by atoms with Crippen molar-refractivity contribution < 1.29 is 4.74 Å². The molecule has 0 aromatic rings. The van der Waals surface area contributed by atoms with E-state index in [2.05, 4.69) is 50.0 Å². The van der Waals surface area contributed by atoms with E-state index in [9.17, 15) is 0 Å². The highest BCUT2D eigenvalue weighted by molar-refractivity contribution is 4.84. The summed E-state index contributed by atoms with van der Waals surface area (Å²) in [6.45, 7) is 22.8. The fourth-order valence-electron chi connectivity index (χ4n) is 2.34. The summed E-state index contributed by atoms with van der Waals surface area (Å²) in [5.74, 6) is 0. The van der Waals surface area contributed by atoms with Crippen LogP contribution >= 0.6 is 0 Å². The Morgan fingerprint density at radius 2 is 1.00 bits per heavy atom. The first-order valence-corrected chi connectivity index (χ1v) is 7.75. The zero-order valence-corrected chi connectivity index (χ0v) is 13.8. The zero-order valence-electron chi connectivity index (χ0n) is 13.8. The summed E-state index contributed by atoms with van der Waals surface area (Å²) >= 11 is 0. The van der Waals surface area contributed by atoms with Crippen molar-refractivity contribution in [2.45, 2.75) is 39.1 Å². The fraction of sp³-hybridized carbons (Fsp3) is 0.556. The number of rotatable bonds is 14. The standard InChI is InChI=1S/C18H32N2O/c1-7-13-19(14-8-2)17(11-5)21-18(12-6)20(15-9-3)16-10-4/h7-10,17-18H,1-4,11-16H2,5-6H3. The third-order valence-corrected chi connectivity index (χ3v) is 3.28. The summed E-state index contributed by atoms with van der Waals surface area (Å²) in [6.07, 6.45) is 9.58. The molecule has 0 spiro atoms. The largest absolute Gasteiger partial charge is 0.345 e. The Hall–Kier alpha value is -1.16. The zero-order chi connectivity index (χ0) is 16.1. The van der Waals surface area contributed by atoms with Crippen molar-refractivity contribution in [3.63, 3.8) is 0 Å². The van der Waals surface area contributed by atoms with Crippen LogP contribution in [-0.4, -0.2) is 48.4 Å². The molecule has 0 aromatic carbocycles. The maximum Gasteiger partial charge on any atom is 0.112 e. The van der Waals surface area contributed by atoms with Gasteiger partial charge in [-0.2, -0.15) is 0 Å². The molecule has 0 rings (SSSR count). The molecule has 0 aliphatic carbocycles. The van der Waals surface area contributed by atoms with Crippen molar-refractivity contribution in [3.05, 3.63) is 50.6 Å². The maximum absolute atomic E-state index is 6.34. The Labute approximate surface area is 131 Å². The van der Waals surface area contributed by atoms with Gasteiger partial charge in [0.05, 0.1) is 0 Å². The molecule has 0 radical (unpaired) electrons. The van der Waals surface area contributed by atoms with Crippen molar-refractivity contribution in [2.75, 3.05) is 26.2 Å². The molecule has 0 N–H and O–H groups in total. The number of hydrogen-bond donors (Lipinski definition) is 0. The highest BCUT2D eigenvalue weighted by Crippen LogP contribution is 2.15. The summed E-state index contributed by atoms with van der Waals surface area (Å²) in [5.41, 5.74) is 0. The molecule has 0 aliphatic rings. The van der Waals surface area contributed by atoms with Gasteiger partial charge in [-0.05, 0) is 12.8 Å². The second kappa shape index (κ2) is 12.6. The second-order valence-corrected chi connectivity index (χ2v) is 4.92. The van der Waals surface area contributed by atoms with Gasteiger partial charge >= 0.3 is 0 Å². The van der Waals surface area contributed by atoms with Gasteiger partial charge in [-0.1, -0.05) is 38.2 Å². The second-order valence-electron chi connectivity index (χ2n) is 4.92.